The second-order valence-electron chi connectivity index (χ2n) is 8.41. The highest BCUT2D eigenvalue weighted by atomic mass is 79.9. The number of carbonyl (C=O) groups excluding carboxylic acids is 2. The molecule has 0 unspecified atom stereocenters. The molecule has 2 aromatic heterocycles. The van der Waals surface area contributed by atoms with Crippen molar-refractivity contribution in [3.05, 3.63) is 78.7 Å². The molecule has 0 saturated heterocycles. The smallest absolute Gasteiger partial charge is 0.346 e. The highest BCUT2D eigenvalue weighted by Gasteiger charge is 2.29. The normalized spacial score (nSPS) is 11.0. The Bertz CT molecular complexity index is 1810. The molecule has 2 heterocycles. The van der Waals surface area contributed by atoms with Crippen molar-refractivity contribution in [3.8, 4) is 11.8 Å². The Morgan fingerprint density at radius 1 is 0.778 bits per heavy atom. The molecule has 11 nitrogen and oxygen atoms in total. The third-order valence-corrected chi connectivity index (χ3v) is 9.56. The van der Waals surface area contributed by atoms with Crippen LogP contribution in [0.5, 0.6) is 11.8 Å². The van der Waals surface area contributed by atoms with E-state index >= 15 is 0 Å². The maximum Gasteiger partial charge on any atom is 0.346 e. The molecule has 0 amide bonds. The molecule has 0 saturated carbocycles. The maximum absolute atomic E-state index is 13.8. The van der Waals surface area contributed by atoms with Gasteiger partial charge in [-0.05, 0) is 47.3 Å². The fraction of sp³-hybridized carbons (Fsp3) is 0.200. The van der Waals surface area contributed by atoms with Crippen molar-refractivity contribution >= 4 is 81.7 Å². The van der Waals surface area contributed by atoms with Gasteiger partial charge in [-0.15, -0.1) is 0 Å². The van der Waals surface area contributed by atoms with Crippen molar-refractivity contribution in [3.63, 3.8) is 0 Å². The predicted octanol–water partition coefficient (Wildman–Crippen LogP) is 6.08. The van der Waals surface area contributed by atoms with Gasteiger partial charge in [0.25, 0.3) is 0 Å². The number of benzene rings is 2. The van der Waals surface area contributed by atoms with Crippen LogP contribution in [-0.4, -0.2) is 49.6 Å². The van der Waals surface area contributed by atoms with Crippen molar-refractivity contribution in [1.29, 1.82) is 0 Å². The number of ether oxygens (including phenoxy) is 4. The number of hydrogen-bond donors (Lipinski definition) is 1. The number of esters is 2. The third-order valence-electron chi connectivity index (χ3n) is 5.35. The van der Waals surface area contributed by atoms with Gasteiger partial charge in [0, 0.05) is 15.2 Å². The summed E-state index contributed by atoms with van der Waals surface area (Å²) in [5.41, 5.74) is 4.47. The number of nitrogens with two attached hydrogens (primary N) is 1. The van der Waals surface area contributed by atoms with E-state index in [9.17, 15) is 35.6 Å². The zero-order chi connectivity index (χ0) is 33.6. The quantitative estimate of drug-likeness (QED) is 0.154. The molecule has 0 bridgehead atoms. The first-order chi connectivity index (χ1) is 21.1. The third kappa shape index (κ3) is 8.90. The van der Waals surface area contributed by atoms with Gasteiger partial charge in [0.15, 0.2) is 25.2 Å². The van der Waals surface area contributed by atoms with E-state index in [0.717, 1.165) is 49.2 Å². The van der Waals surface area contributed by atoms with Crippen LogP contribution in [0.15, 0.2) is 37.4 Å². The largest absolute Gasteiger partial charge is 0.471 e. The molecule has 4 rings (SSSR count). The van der Waals surface area contributed by atoms with E-state index in [0.29, 0.717) is 11.5 Å². The number of carbonyl (C=O) groups is 2. The average molecular weight is 821 g/mol. The van der Waals surface area contributed by atoms with Gasteiger partial charge in [-0.3, -0.25) is 0 Å². The Balaban J connectivity index is 0.000000248. The molecule has 0 atom stereocenters. The molecule has 4 aromatic rings. The Labute approximate surface area is 277 Å². The number of sulfone groups is 1. The van der Waals surface area contributed by atoms with Gasteiger partial charge in [0.2, 0.25) is 11.8 Å². The van der Waals surface area contributed by atoms with Crippen LogP contribution in [0.3, 0.4) is 0 Å². The summed E-state index contributed by atoms with van der Waals surface area (Å²) < 4.78 is 105. The Morgan fingerprint density at radius 2 is 1.16 bits per heavy atom. The van der Waals surface area contributed by atoms with Gasteiger partial charge < -0.3 is 24.7 Å². The molecule has 45 heavy (non-hydrogen) atoms. The van der Waals surface area contributed by atoms with Crippen molar-refractivity contribution < 1.29 is 54.5 Å². The highest BCUT2D eigenvalue weighted by Crippen LogP contribution is 2.32. The fourth-order valence-corrected chi connectivity index (χ4v) is 6.42. The van der Waals surface area contributed by atoms with E-state index in [1.165, 1.54) is 7.11 Å². The van der Waals surface area contributed by atoms with E-state index in [4.69, 9.17) is 15.2 Å². The van der Waals surface area contributed by atoms with E-state index < -0.39 is 63.8 Å². The average Bonchev–Trinajstić information content (AvgIpc) is 3.55. The first kappa shape index (κ1) is 36.1. The van der Waals surface area contributed by atoms with E-state index in [1.54, 1.807) is 0 Å². The number of rotatable bonds is 9. The lowest BCUT2D eigenvalue weighted by molar-refractivity contribution is 0.0584. The van der Waals surface area contributed by atoms with Crippen molar-refractivity contribution in [2.24, 2.45) is 0 Å². The standard InChI is InChI=1S/C13H10BrF2NO5S2.C12H9BrF2N2O3S/c1-21-12(18)10-11(17-23-13(10)24(2,19)20)22-5-7-8(15)3-6(14)4-9(7)16;1-19-12(18)9-10(16)21-17-11(9)20-4-6-7(14)2-5(13)3-8(6)15/h3-4H,5H2,1-2H3;2-3H,4,16H2,1H3. The second-order valence-corrected chi connectivity index (χ2v) is 14.0. The minimum absolute atomic E-state index is 0.0552. The van der Waals surface area contributed by atoms with Gasteiger partial charge in [0.05, 0.1) is 25.3 Å². The zero-order valence-corrected chi connectivity index (χ0v) is 28.6. The lowest BCUT2D eigenvalue weighted by Crippen LogP contribution is -2.10. The van der Waals surface area contributed by atoms with Crippen LogP contribution < -0.4 is 15.2 Å². The minimum atomic E-state index is -3.75. The number of nitrogen functional groups attached to an aromatic ring is 1. The molecule has 2 aromatic carbocycles. The lowest BCUT2D eigenvalue weighted by atomic mass is 10.2. The molecule has 0 aliphatic carbocycles. The fourth-order valence-electron chi connectivity index (χ4n) is 3.26. The van der Waals surface area contributed by atoms with Crippen LogP contribution in [-0.2, 0) is 32.5 Å². The first-order valence-corrected chi connectivity index (χ1v) is 16.7. The summed E-state index contributed by atoms with van der Waals surface area (Å²) in [5.74, 6) is -5.46. The molecule has 0 spiro atoms. The van der Waals surface area contributed by atoms with Crippen molar-refractivity contribution in [2.75, 3.05) is 26.2 Å². The van der Waals surface area contributed by atoms with E-state index in [-0.39, 0.29) is 46.6 Å². The van der Waals surface area contributed by atoms with Crippen LogP contribution in [0, 0.1) is 23.3 Å². The van der Waals surface area contributed by atoms with E-state index in [1.807, 2.05) is 0 Å². The summed E-state index contributed by atoms with van der Waals surface area (Å²) in [4.78, 5) is 23.3. The lowest BCUT2D eigenvalue weighted by Gasteiger charge is -2.08. The number of methoxy groups -OCH3 is 2. The Hall–Kier alpha value is -3.33. The van der Waals surface area contributed by atoms with Crippen LogP contribution in [0.4, 0.5) is 22.6 Å². The summed E-state index contributed by atoms with van der Waals surface area (Å²) in [6, 6.07) is 4.31. The summed E-state index contributed by atoms with van der Waals surface area (Å²) >= 11 is 7.27. The van der Waals surface area contributed by atoms with Gasteiger partial charge >= 0.3 is 11.9 Å². The van der Waals surface area contributed by atoms with Crippen molar-refractivity contribution in [1.82, 2.24) is 8.75 Å². The van der Waals surface area contributed by atoms with Crippen LogP contribution >= 0.6 is 54.9 Å². The van der Waals surface area contributed by atoms with Gasteiger partial charge in [-0.1, -0.05) is 31.9 Å². The Kier molecular flexibility index (Phi) is 12.3. The minimum Gasteiger partial charge on any atom is -0.471 e. The number of anilines is 1. The Morgan fingerprint density at radius 3 is 1.56 bits per heavy atom. The molecule has 0 radical (unpaired) electrons. The predicted molar refractivity (Wildman–Crippen MR) is 161 cm³/mol. The maximum atomic E-state index is 13.8. The van der Waals surface area contributed by atoms with E-state index in [2.05, 4.69) is 50.1 Å². The zero-order valence-electron chi connectivity index (χ0n) is 23.0. The number of nitrogens with zero attached hydrogens (tertiary/aromatic N) is 2. The van der Waals surface area contributed by atoms with Gasteiger partial charge in [-0.2, -0.15) is 8.75 Å². The molecule has 2 N–H and O–H groups in total. The highest BCUT2D eigenvalue weighted by molar-refractivity contribution is 9.10. The second kappa shape index (κ2) is 15.3. The van der Waals surface area contributed by atoms with Crippen LogP contribution in [0.25, 0.3) is 0 Å². The van der Waals surface area contributed by atoms with Gasteiger partial charge in [0.1, 0.15) is 41.5 Å². The van der Waals surface area contributed by atoms with Crippen LogP contribution in [0.1, 0.15) is 31.8 Å². The molecule has 0 fully saturated rings. The number of hydrogen-bond acceptors (Lipinski definition) is 13. The van der Waals surface area contributed by atoms with Crippen LogP contribution in [0.2, 0.25) is 0 Å². The first-order valence-electron chi connectivity index (χ1n) is 11.7. The van der Waals surface area contributed by atoms with Crippen molar-refractivity contribution in [2.45, 2.75) is 17.4 Å². The monoisotopic (exact) mass is 819 g/mol. The summed E-state index contributed by atoms with van der Waals surface area (Å²) in [5, 5.41) is 0.105. The molecular weight excluding hydrogens is 802 g/mol. The summed E-state index contributed by atoms with van der Waals surface area (Å²) in [6.07, 6.45) is 0.894. The molecule has 20 heteroatoms. The molecular formula is C25H19Br2F4N3O8S3. The topological polar surface area (TPSA) is 157 Å². The molecule has 0 aliphatic rings. The SMILES string of the molecule is COC(=O)c1c(OCc2c(F)cc(Br)cc2F)nsc1N.COC(=O)c1c(OCc2c(F)cc(Br)cc2F)nsc1S(C)(=O)=O. The van der Waals surface area contributed by atoms with Gasteiger partial charge in [-0.25, -0.2) is 35.6 Å². The summed E-state index contributed by atoms with van der Waals surface area (Å²) in [6.45, 7) is -1.01. The number of halogens is 6. The molecule has 242 valence electrons. The molecule has 0 aliphatic heterocycles. The number of aromatic nitrogens is 2. The summed E-state index contributed by atoms with van der Waals surface area (Å²) in [7, 11) is -1.51.